The van der Waals surface area contributed by atoms with Crippen LogP contribution in [0.15, 0.2) is 60.9 Å². The van der Waals surface area contributed by atoms with E-state index in [9.17, 15) is 14.4 Å². The standard InChI is InChI=1S/C26H26N4O5/c1-16(25(32)33)17-11-29(12-17)24(31)14-30-13-18(10-27-30)28-26(34)35-15-23-21-8-4-2-6-19(21)20-7-3-5-9-22(20)23/h2-10,13,16-17,23H,11-12,14-15H2,1H3,(H,28,34)(H,32,33). The number of ether oxygens (including phenoxy) is 1. The Bertz CT molecular complexity index is 1230. The number of carboxylic acid groups (broad SMARTS) is 1. The predicted molar refractivity (Wildman–Crippen MR) is 128 cm³/mol. The Labute approximate surface area is 202 Å². The number of aliphatic carboxylic acids is 1. The molecule has 0 spiro atoms. The number of nitrogens with one attached hydrogen (secondary N) is 1. The van der Waals surface area contributed by atoms with Gasteiger partial charge in [0.1, 0.15) is 13.2 Å². The van der Waals surface area contributed by atoms with Gasteiger partial charge < -0.3 is 14.7 Å². The third kappa shape index (κ3) is 4.49. The summed E-state index contributed by atoms with van der Waals surface area (Å²) < 4.78 is 6.98. The Morgan fingerprint density at radius 3 is 2.34 bits per heavy atom. The predicted octanol–water partition coefficient (Wildman–Crippen LogP) is 3.42. The van der Waals surface area contributed by atoms with Crippen LogP contribution in [0.3, 0.4) is 0 Å². The monoisotopic (exact) mass is 474 g/mol. The van der Waals surface area contributed by atoms with E-state index in [1.54, 1.807) is 18.0 Å². The van der Waals surface area contributed by atoms with E-state index in [1.165, 1.54) is 10.9 Å². The molecular formula is C26H26N4O5. The van der Waals surface area contributed by atoms with Gasteiger partial charge in [0.2, 0.25) is 5.91 Å². The van der Waals surface area contributed by atoms with Crippen molar-refractivity contribution in [2.24, 2.45) is 11.8 Å². The van der Waals surface area contributed by atoms with Crippen LogP contribution in [0.25, 0.3) is 11.1 Å². The molecule has 0 bridgehead atoms. The highest BCUT2D eigenvalue weighted by atomic mass is 16.5. The molecule has 9 nitrogen and oxygen atoms in total. The first-order chi connectivity index (χ1) is 16.9. The number of nitrogens with zero attached hydrogens (tertiary/aromatic N) is 3. The molecule has 1 aliphatic heterocycles. The second-order valence-electron chi connectivity index (χ2n) is 9.06. The normalized spacial score (nSPS) is 15.6. The minimum absolute atomic E-state index is 0.0144. The number of hydrogen-bond acceptors (Lipinski definition) is 5. The van der Waals surface area contributed by atoms with Gasteiger partial charge in [-0.05, 0) is 22.3 Å². The van der Waals surface area contributed by atoms with Gasteiger partial charge in [0.25, 0.3) is 0 Å². The number of anilines is 1. The molecule has 180 valence electrons. The van der Waals surface area contributed by atoms with Gasteiger partial charge in [0, 0.05) is 31.1 Å². The summed E-state index contributed by atoms with van der Waals surface area (Å²) in [7, 11) is 0. The molecule has 1 unspecified atom stereocenters. The lowest BCUT2D eigenvalue weighted by atomic mass is 9.87. The molecule has 1 saturated heterocycles. The number of rotatable bonds is 7. The minimum Gasteiger partial charge on any atom is -0.481 e. The number of carbonyl (C=O) groups excluding carboxylic acids is 2. The lowest BCUT2D eigenvalue weighted by Gasteiger charge is -2.41. The summed E-state index contributed by atoms with van der Waals surface area (Å²) in [4.78, 5) is 37.5. The second-order valence-corrected chi connectivity index (χ2v) is 9.06. The SMILES string of the molecule is CC(C(=O)O)C1CN(C(=O)Cn2cc(NC(=O)OCC3c4ccccc4-c4ccccc43)cn2)C1. The van der Waals surface area contributed by atoms with E-state index in [4.69, 9.17) is 9.84 Å². The van der Waals surface area contributed by atoms with Crippen LogP contribution in [-0.2, 0) is 20.9 Å². The highest BCUT2D eigenvalue weighted by Gasteiger charge is 2.37. The molecule has 2 aliphatic rings. The van der Waals surface area contributed by atoms with E-state index < -0.39 is 18.0 Å². The first-order valence-electron chi connectivity index (χ1n) is 11.6. The van der Waals surface area contributed by atoms with Crippen molar-refractivity contribution < 1.29 is 24.2 Å². The Morgan fingerprint density at radius 1 is 1.09 bits per heavy atom. The van der Waals surface area contributed by atoms with E-state index in [2.05, 4.69) is 34.7 Å². The molecule has 0 radical (unpaired) electrons. The molecule has 3 aromatic rings. The van der Waals surface area contributed by atoms with E-state index in [0.29, 0.717) is 18.8 Å². The van der Waals surface area contributed by atoms with Crippen molar-refractivity contribution in [1.29, 1.82) is 0 Å². The molecular weight excluding hydrogens is 448 g/mol. The summed E-state index contributed by atoms with van der Waals surface area (Å²) in [5.41, 5.74) is 5.02. The van der Waals surface area contributed by atoms with Crippen molar-refractivity contribution in [3.63, 3.8) is 0 Å². The molecule has 1 fully saturated rings. The van der Waals surface area contributed by atoms with E-state index >= 15 is 0 Å². The van der Waals surface area contributed by atoms with Gasteiger partial charge in [-0.15, -0.1) is 0 Å². The Morgan fingerprint density at radius 2 is 1.71 bits per heavy atom. The Hall–Kier alpha value is -4.14. The quantitative estimate of drug-likeness (QED) is 0.542. The molecule has 1 atom stereocenters. The number of fused-ring (bicyclic) bond motifs is 3. The topological polar surface area (TPSA) is 114 Å². The molecule has 2 aromatic carbocycles. The van der Waals surface area contributed by atoms with Crippen molar-refractivity contribution in [3.05, 3.63) is 72.1 Å². The van der Waals surface area contributed by atoms with Crippen LogP contribution in [0.4, 0.5) is 10.5 Å². The van der Waals surface area contributed by atoms with Crippen LogP contribution < -0.4 is 5.32 Å². The van der Waals surface area contributed by atoms with Gasteiger partial charge in [-0.1, -0.05) is 55.5 Å². The third-order valence-corrected chi connectivity index (χ3v) is 6.88. The van der Waals surface area contributed by atoms with Crippen molar-refractivity contribution >= 4 is 23.7 Å². The van der Waals surface area contributed by atoms with Crippen LogP contribution in [0.1, 0.15) is 24.0 Å². The summed E-state index contributed by atoms with van der Waals surface area (Å²) in [6.45, 7) is 2.73. The molecule has 0 saturated carbocycles. The summed E-state index contributed by atoms with van der Waals surface area (Å²) in [5, 5.41) is 15.9. The second kappa shape index (κ2) is 9.25. The van der Waals surface area contributed by atoms with Crippen LogP contribution in [0.2, 0.25) is 0 Å². The number of aromatic nitrogens is 2. The largest absolute Gasteiger partial charge is 0.481 e. The van der Waals surface area contributed by atoms with Crippen LogP contribution in [0, 0.1) is 11.8 Å². The van der Waals surface area contributed by atoms with E-state index in [0.717, 1.165) is 22.3 Å². The lowest BCUT2D eigenvalue weighted by Crippen LogP contribution is -2.54. The van der Waals surface area contributed by atoms with Gasteiger partial charge in [0.15, 0.2) is 0 Å². The number of carboxylic acids is 1. The zero-order valence-corrected chi connectivity index (χ0v) is 19.3. The summed E-state index contributed by atoms with van der Waals surface area (Å²) in [6, 6.07) is 16.3. The Kier molecular flexibility index (Phi) is 5.98. The number of benzene rings is 2. The van der Waals surface area contributed by atoms with Crippen molar-refractivity contribution in [2.45, 2.75) is 19.4 Å². The fraction of sp³-hybridized carbons (Fsp3) is 0.308. The highest BCUT2D eigenvalue weighted by molar-refractivity contribution is 5.85. The van der Waals surface area contributed by atoms with Gasteiger partial charge in [-0.2, -0.15) is 5.10 Å². The zero-order chi connectivity index (χ0) is 24.5. The molecule has 2 amide bonds. The van der Waals surface area contributed by atoms with Crippen LogP contribution in [-0.4, -0.2) is 57.5 Å². The summed E-state index contributed by atoms with van der Waals surface area (Å²) in [6.07, 6.45) is 2.43. The molecule has 1 aliphatic carbocycles. The number of carbonyl (C=O) groups is 3. The van der Waals surface area contributed by atoms with Gasteiger partial charge in [-0.25, -0.2) is 4.79 Å². The van der Waals surface area contributed by atoms with Gasteiger partial charge in [-0.3, -0.25) is 19.6 Å². The fourth-order valence-corrected chi connectivity index (χ4v) is 4.74. The van der Waals surface area contributed by atoms with Crippen molar-refractivity contribution in [2.75, 3.05) is 25.0 Å². The zero-order valence-electron chi connectivity index (χ0n) is 19.3. The maximum Gasteiger partial charge on any atom is 0.411 e. The molecule has 5 rings (SSSR count). The maximum absolute atomic E-state index is 12.4. The molecule has 2 heterocycles. The van der Waals surface area contributed by atoms with Crippen LogP contribution >= 0.6 is 0 Å². The summed E-state index contributed by atoms with van der Waals surface area (Å²) in [5.74, 6) is -1.53. The molecule has 35 heavy (non-hydrogen) atoms. The molecule has 2 N–H and O–H groups in total. The van der Waals surface area contributed by atoms with Gasteiger partial charge >= 0.3 is 12.1 Å². The van der Waals surface area contributed by atoms with Gasteiger partial charge in [0.05, 0.1) is 17.8 Å². The maximum atomic E-state index is 12.4. The first-order valence-corrected chi connectivity index (χ1v) is 11.6. The van der Waals surface area contributed by atoms with E-state index in [1.807, 2.05) is 24.3 Å². The average Bonchev–Trinajstić information content (AvgIpc) is 3.38. The average molecular weight is 475 g/mol. The van der Waals surface area contributed by atoms with Crippen molar-refractivity contribution in [3.8, 4) is 11.1 Å². The van der Waals surface area contributed by atoms with E-state index in [-0.39, 0.29) is 30.9 Å². The highest BCUT2D eigenvalue weighted by Crippen LogP contribution is 2.44. The Balaban J connectivity index is 1.13. The number of likely N-dealkylation sites (tertiary alicyclic amines) is 1. The number of amides is 2. The number of hydrogen-bond donors (Lipinski definition) is 2. The summed E-state index contributed by atoms with van der Waals surface area (Å²) >= 11 is 0. The molecule has 9 heteroatoms. The lowest BCUT2D eigenvalue weighted by molar-refractivity contribution is -0.150. The smallest absolute Gasteiger partial charge is 0.411 e. The molecule has 1 aromatic heterocycles. The van der Waals surface area contributed by atoms with Crippen molar-refractivity contribution in [1.82, 2.24) is 14.7 Å². The fourth-order valence-electron chi connectivity index (χ4n) is 4.74. The van der Waals surface area contributed by atoms with Crippen LogP contribution in [0.5, 0.6) is 0 Å². The minimum atomic E-state index is -0.849. The third-order valence-electron chi connectivity index (χ3n) is 6.88. The first kappa shape index (κ1) is 22.6.